The number of carbonyl (C=O) groups excluding carboxylic acids is 1. The molecule has 2 aromatic rings. The van der Waals surface area contributed by atoms with Gasteiger partial charge in [0.2, 0.25) is 11.9 Å². The third-order valence-electron chi connectivity index (χ3n) is 3.84. The third kappa shape index (κ3) is 3.60. The Labute approximate surface area is 164 Å². The fourth-order valence-electron chi connectivity index (χ4n) is 2.55. The first-order valence-electron chi connectivity index (χ1n) is 8.31. The number of aliphatic imine (C=N–C) groups is 1. The number of carbonyl (C=O) groups is 1. The molecule has 0 spiro atoms. The van der Waals surface area contributed by atoms with Crippen LogP contribution in [0.5, 0.6) is 11.5 Å². The Kier molecular flexibility index (Phi) is 4.95. The molecule has 7 nitrogen and oxygen atoms in total. The van der Waals surface area contributed by atoms with Crippen LogP contribution in [-0.2, 0) is 11.2 Å². The summed E-state index contributed by atoms with van der Waals surface area (Å²) in [7, 11) is 0. The lowest BCUT2D eigenvalue weighted by atomic mass is 10.2. The van der Waals surface area contributed by atoms with Gasteiger partial charge in [-0.2, -0.15) is 4.99 Å². The van der Waals surface area contributed by atoms with Crippen molar-refractivity contribution in [2.45, 2.75) is 13.3 Å². The van der Waals surface area contributed by atoms with Crippen molar-refractivity contribution in [2.75, 3.05) is 13.3 Å². The number of aryl methyl sites for hydroxylation is 1. The summed E-state index contributed by atoms with van der Waals surface area (Å²) >= 11 is 2.74. The minimum absolute atomic E-state index is 0.114. The topological polar surface area (TPSA) is 76.9 Å². The molecular weight excluding hydrogens is 384 g/mol. The fourth-order valence-corrected chi connectivity index (χ4v) is 4.25. The second-order valence-corrected chi connectivity index (χ2v) is 7.70. The minimum Gasteiger partial charge on any atom is -0.454 e. The Morgan fingerprint density at radius 2 is 2.19 bits per heavy atom. The molecule has 1 amide bonds. The van der Waals surface area contributed by atoms with Gasteiger partial charge >= 0.3 is 0 Å². The van der Waals surface area contributed by atoms with Crippen LogP contribution in [0.25, 0.3) is 6.08 Å². The molecule has 4 rings (SSSR count). The first-order chi connectivity index (χ1) is 13.2. The largest absolute Gasteiger partial charge is 0.454 e. The van der Waals surface area contributed by atoms with Gasteiger partial charge < -0.3 is 9.47 Å². The summed E-state index contributed by atoms with van der Waals surface area (Å²) in [6.45, 7) is 6.34. The first-order valence-corrected chi connectivity index (χ1v) is 9.94. The normalized spacial score (nSPS) is 18.7. The van der Waals surface area contributed by atoms with Gasteiger partial charge in [-0.1, -0.05) is 30.4 Å². The van der Waals surface area contributed by atoms with Crippen molar-refractivity contribution >= 4 is 45.4 Å². The Bertz CT molecular complexity index is 967. The maximum atomic E-state index is 12.8. The van der Waals surface area contributed by atoms with Crippen LogP contribution in [0.2, 0.25) is 0 Å². The predicted octanol–water partition coefficient (Wildman–Crippen LogP) is 3.62. The Morgan fingerprint density at radius 3 is 2.96 bits per heavy atom. The molecule has 0 atom stereocenters. The van der Waals surface area contributed by atoms with Gasteiger partial charge in [0.05, 0.1) is 4.91 Å². The van der Waals surface area contributed by atoms with E-state index in [0.29, 0.717) is 33.2 Å². The van der Waals surface area contributed by atoms with Crippen LogP contribution in [0.1, 0.15) is 17.5 Å². The molecule has 138 valence electrons. The molecule has 0 N–H and O–H groups in total. The van der Waals surface area contributed by atoms with Gasteiger partial charge in [0.1, 0.15) is 5.01 Å². The second-order valence-electron chi connectivity index (χ2n) is 5.65. The monoisotopic (exact) mass is 400 g/mol. The summed E-state index contributed by atoms with van der Waals surface area (Å²) in [6, 6.07) is 5.58. The molecule has 1 aromatic carbocycles. The van der Waals surface area contributed by atoms with E-state index in [1.165, 1.54) is 23.1 Å². The average molecular weight is 400 g/mol. The lowest BCUT2D eigenvalue weighted by Gasteiger charge is -2.11. The van der Waals surface area contributed by atoms with E-state index in [0.717, 1.165) is 17.0 Å². The van der Waals surface area contributed by atoms with Gasteiger partial charge in [-0.05, 0) is 42.0 Å². The zero-order valence-corrected chi connectivity index (χ0v) is 16.2. The number of hydrogen-bond donors (Lipinski definition) is 0. The molecule has 0 unspecified atom stereocenters. The van der Waals surface area contributed by atoms with Crippen LogP contribution in [0.3, 0.4) is 0 Å². The highest BCUT2D eigenvalue weighted by Gasteiger charge is 2.33. The molecule has 2 aliphatic rings. The third-order valence-corrected chi connectivity index (χ3v) is 5.81. The van der Waals surface area contributed by atoms with Gasteiger partial charge in [-0.15, -0.1) is 16.8 Å². The number of hydrogen-bond acceptors (Lipinski definition) is 8. The quantitative estimate of drug-likeness (QED) is 0.564. The van der Waals surface area contributed by atoms with E-state index in [1.54, 1.807) is 11.0 Å². The summed E-state index contributed by atoms with van der Waals surface area (Å²) in [5.41, 5.74) is 0.860. The number of benzene rings is 1. The molecule has 1 fully saturated rings. The van der Waals surface area contributed by atoms with E-state index >= 15 is 0 Å². The van der Waals surface area contributed by atoms with Gasteiger partial charge in [0.15, 0.2) is 16.7 Å². The molecule has 9 heteroatoms. The van der Waals surface area contributed by atoms with Crippen molar-refractivity contribution in [3.63, 3.8) is 0 Å². The highest BCUT2D eigenvalue weighted by Crippen LogP contribution is 2.37. The molecule has 27 heavy (non-hydrogen) atoms. The highest BCUT2D eigenvalue weighted by molar-refractivity contribution is 8.18. The molecule has 0 aliphatic carbocycles. The molecular formula is C18H16N4O3S2. The number of amidine groups is 1. The van der Waals surface area contributed by atoms with E-state index in [1.807, 2.05) is 31.2 Å². The first kappa shape index (κ1) is 17.7. The molecule has 0 bridgehead atoms. The highest BCUT2D eigenvalue weighted by atomic mass is 32.2. The van der Waals surface area contributed by atoms with Crippen molar-refractivity contribution in [2.24, 2.45) is 4.99 Å². The summed E-state index contributed by atoms with van der Waals surface area (Å²) < 4.78 is 10.7. The van der Waals surface area contributed by atoms with Gasteiger partial charge in [-0.25, -0.2) is 0 Å². The van der Waals surface area contributed by atoms with Gasteiger partial charge in [-0.3, -0.25) is 9.69 Å². The zero-order chi connectivity index (χ0) is 18.8. The number of nitrogens with zero attached hydrogens (tertiary/aromatic N) is 4. The number of thioether (sulfide) groups is 1. The van der Waals surface area contributed by atoms with Crippen molar-refractivity contribution in [1.82, 2.24) is 15.1 Å². The maximum Gasteiger partial charge on any atom is 0.267 e. The Hall–Kier alpha value is -2.65. The Balaban J connectivity index is 1.64. The zero-order valence-electron chi connectivity index (χ0n) is 14.5. The molecule has 2 aliphatic heterocycles. The summed E-state index contributed by atoms with van der Waals surface area (Å²) in [5, 5.41) is 10.2. The van der Waals surface area contributed by atoms with E-state index in [2.05, 4.69) is 21.8 Å². The van der Waals surface area contributed by atoms with Crippen LogP contribution >= 0.6 is 23.1 Å². The van der Waals surface area contributed by atoms with Crippen LogP contribution in [-0.4, -0.2) is 39.5 Å². The van der Waals surface area contributed by atoms with Crippen molar-refractivity contribution in [3.05, 3.63) is 46.3 Å². The molecule has 1 aromatic heterocycles. The summed E-state index contributed by atoms with van der Waals surface area (Å²) in [5.74, 6) is 1.27. The number of rotatable bonds is 5. The molecule has 0 radical (unpaired) electrons. The van der Waals surface area contributed by atoms with E-state index < -0.39 is 0 Å². The molecule has 1 saturated heterocycles. The summed E-state index contributed by atoms with van der Waals surface area (Å²) in [6.07, 6.45) is 4.31. The van der Waals surface area contributed by atoms with Crippen molar-refractivity contribution < 1.29 is 14.3 Å². The molecule has 3 heterocycles. The minimum atomic E-state index is -0.114. The van der Waals surface area contributed by atoms with Crippen LogP contribution < -0.4 is 9.47 Å². The fraction of sp³-hybridized carbons (Fsp3) is 0.222. The molecule has 0 saturated carbocycles. The van der Waals surface area contributed by atoms with E-state index in [9.17, 15) is 4.79 Å². The number of fused-ring (bicyclic) bond motifs is 1. The number of aromatic nitrogens is 2. The smallest absolute Gasteiger partial charge is 0.267 e. The summed E-state index contributed by atoms with van der Waals surface area (Å²) in [4.78, 5) is 19.5. The van der Waals surface area contributed by atoms with E-state index in [-0.39, 0.29) is 12.7 Å². The van der Waals surface area contributed by atoms with Gasteiger partial charge in [0, 0.05) is 6.54 Å². The number of ether oxygens (including phenoxy) is 2. The lowest BCUT2D eigenvalue weighted by molar-refractivity contribution is -0.121. The number of amides is 1. The van der Waals surface area contributed by atoms with Crippen molar-refractivity contribution in [1.29, 1.82) is 0 Å². The van der Waals surface area contributed by atoms with Crippen LogP contribution in [0.4, 0.5) is 5.13 Å². The predicted molar refractivity (Wildman–Crippen MR) is 106 cm³/mol. The van der Waals surface area contributed by atoms with Gasteiger partial charge in [0.25, 0.3) is 5.91 Å². The van der Waals surface area contributed by atoms with Crippen LogP contribution in [0, 0.1) is 0 Å². The lowest BCUT2D eigenvalue weighted by Crippen LogP contribution is -2.29. The maximum absolute atomic E-state index is 12.8. The average Bonchev–Trinajstić information content (AvgIpc) is 3.38. The van der Waals surface area contributed by atoms with Crippen molar-refractivity contribution in [3.8, 4) is 11.5 Å². The SMILES string of the molecule is C=CCN1C(=O)/C(=C\c2ccc3c(c2)OCO3)S/C1=N\c1nnc(CC)s1. The van der Waals surface area contributed by atoms with E-state index in [4.69, 9.17) is 9.47 Å². The second kappa shape index (κ2) is 7.53. The standard InChI is InChI=1S/C18H16N4O3S2/c1-3-7-22-16(23)14(9-11-5-6-12-13(8-11)25-10-24-12)26-18(22)19-17-21-20-15(4-2)27-17/h3,5-6,8-9H,1,4,7,10H2,2H3/b14-9+,19-18-. The Morgan fingerprint density at radius 1 is 1.33 bits per heavy atom. The van der Waals surface area contributed by atoms with Crippen LogP contribution in [0.15, 0.2) is 40.8 Å².